The van der Waals surface area contributed by atoms with Gasteiger partial charge in [0.2, 0.25) is 0 Å². The molecule has 0 amide bonds. The number of benzene rings is 2. The van der Waals surface area contributed by atoms with Gasteiger partial charge in [0.05, 0.1) is 10.6 Å². The Morgan fingerprint density at radius 3 is 2.46 bits per heavy atom. The fourth-order valence-corrected chi connectivity index (χ4v) is 4.23. The van der Waals surface area contributed by atoms with Crippen LogP contribution in [0.15, 0.2) is 41.3 Å². The lowest BCUT2D eigenvalue weighted by Gasteiger charge is -2.17. The number of quaternary nitrogens is 1. The molecule has 7 heteroatoms. The first-order chi connectivity index (χ1) is 11.3. The highest BCUT2D eigenvalue weighted by Gasteiger charge is 2.35. The molecule has 1 heterocycles. The van der Waals surface area contributed by atoms with Gasteiger partial charge >= 0.3 is 6.18 Å². The molecule has 128 valence electrons. The molecule has 2 aromatic carbocycles. The molecule has 1 fully saturated rings. The summed E-state index contributed by atoms with van der Waals surface area (Å²) in [5, 5.41) is 0.0677. The smallest absolute Gasteiger partial charge is 0.325 e. The molecule has 1 aliphatic rings. The van der Waals surface area contributed by atoms with Crippen molar-refractivity contribution in [3.63, 3.8) is 0 Å². The number of nitrogens with zero attached hydrogens (tertiary/aromatic N) is 1. The highest BCUT2D eigenvalue weighted by Crippen LogP contribution is 2.43. The molecule has 0 aromatic heterocycles. The number of hydrogen-bond acceptors (Lipinski definition) is 2. The van der Waals surface area contributed by atoms with Gasteiger partial charge in [0, 0.05) is 35.7 Å². The SMILES string of the molecule is [NH3+]c1cc(Cl)c(-c2cccc(SN3CCCC3)c2)c(C(F)(F)F)c1. The minimum absolute atomic E-state index is 0.0143. The summed E-state index contributed by atoms with van der Waals surface area (Å²) in [5.74, 6) is 0. The van der Waals surface area contributed by atoms with Crippen molar-refractivity contribution < 1.29 is 18.9 Å². The quantitative estimate of drug-likeness (QED) is 0.767. The van der Waals surface area contributed by atoms with Crippen LogP contribution in [0.5, 0.6) is 0 Å². The lowest BCUT2D eigenvalue weighted by molar-refractivity contribution is -0.255. The second kappa shape index (κ2) is 6.96. The highest BCUT2D eigenvalue weighted by molar-refractivity contribution is 7.97. The molecule has 0 aliphatic carbocycles. The Morgan fingerprint density at radius 1 is 1.08 bits per heavy atom. The molecule has 0 radical (unpaired) electrons. The van der Waals surface area contributed by atoms with E-state index in [9.17, 15) is 13.2 Å². The highest BCUT2D eigenvalue weighted by atomic mass is 35.5. The summed E-state index contributed by atoms with van der Waals surface area (Å²) in [6.45, 7) is 2.00. The average Bonchev–Trinajstić information content (AvgIpc) is 2.98. The number of halogens is 4. The monoisotopic (exact) mass is 373 g/mol. The predicted molar refractivity (Wildman–Crippen MR) is 91.1 cm³/mol. The third-order valence-electron chi connectivity index (χ3n) is 3.88. The van der Waals surface area contributed by atoms with Crippen LogP contribution >= 0.6 is 23.5 Å². The normalized spacial score (nSPS) is 15.9. The van der Waals surface area contributed by atoms with Crippen molar-refractivity contribution in [3.05, 3.63) is 47.0 Å². The van der Waals surface area contributed by atoms with Gasteiger partial charge in [-0.05, 0) is 42.5 Å². The van der Waals surface area contributed by atoms with Gasteiger partial charge in [-0.1, -0.05) is 23.7 Å². The fourth-order valence-electron chi connectivity index (χ4n) is 2.82. The fraction of sp³-hybridized carbons (Fsp3) is 0.294. The zero-order valence-electron chi connectivity index (χ0n) is 12.9. The van der Waals surface area contributed by atoms with E-state index in [4.69, 9.17) is 11.6 Å². The zero-order chi connectivity index (χ0) is 17.3. The summed E-state index contributed by atoms with van der Waals surface area (Å²) in [6, 6.07) is 9.61. The van der Waals surface area contributed by atoms with E-state index < -0.39 is 11.7 Å². The molecule has 0 atom stereocenters. The summed E-state index contributed by atoms with van der Waals surface area (Å²) in [6.07, 6.45) is -2.17. The molecule has 3 rings (SSSR count). The second-order valence-corrected chi connectivity index (χ2v) is 7.33. The van der Waals surface area contributed by atoms with Crippen LogP contribution in [0.4, 0.5) is 18.9 Å². The standard InChI is InChI=1S/C17H16ClF3N2S/c18-15-10-12(22)9-14(17(19,20)21)16(15)11-4-3-5-13(8-11)24-23-6-1-2-7-23/h3-5,8-10H,1-2,6-7,22H2/p+1. The van der Waals surface area contributed by atoms with Gasteiger partial charge in [0.15, 0.2) is 0 Å². The van der Waals surface area contributed by atoms with Gasteiger partial charge in [0.25, 0.3) is 0 Å². The Hall–Kier alpha value is -1.21. The summed E-state index contributed by atoms with van der Waals surface area (Å²) >= 11 is 7.72. The van der Waals surface area contributed by atoms with Gasteiger partial charge in [0.1, 0.15) is 5.69 Å². The number of rotatable bonds is 3. The number of hydrogen-bond donors (Lipinski definition) is 1. The maximum atomic E-state index is 13.4. The third-order valence-corrected chi connectivity index (χ3v) is 5.26. The third kappa shape index (κ3) is 3.88. The molecule has 24 heavy (non-hydrogen) atoms. The van der Waals surface area contributed by atoms with Crippen molar-refractivity contribution in [2.24, 2.45) is 0 Å². The molecule has 1 aliphatic heterocycles. The Bertz CT molecular complexity index is 743. The second-order valence-electron chi connectivity index (χ2n) is 5.75. The lowest BCUT2D eigenvalue weighted by atomic mass is 9.98. The molecule has 3 N–H and O–H groups in total. The molecule has 1 saturated heterocycles. The first-order valence-electron chi connectivity index (χ1n) is 7.60. The van der Waals surface area contributed by atoms with Crippen LogP contribution < -0.4 is 5.73 Å². The molecule has 0 bridgehead atoms. The van der Waals surface area contributed by atoms with Crippen LogP contribution in [0.2, 0.25) is 5.02 Å². The Morgan fingerprint density at radius 2 is 1.79 bits per heavy atom. The van der Waals surface area contributed by atoms with Crippen LogP contribution in [0.25, 0.3) is 11.1 Å². The Balaban J connectivity index is 2.02. The van der Waals surface area contributed by atoms with Crippen molar-refractivity contribution in [3.8, 4) is 11.1 Å². The minimum Gasteiger partial charge on any atom is -0.325 e. The molecule has 2 nitrogen and oxygen atoms in total. The van der Waals surface area contributed by atoms with E-state index in [1.165, 1.54) is 6.07 Å². The van der Waals surface area contributed by atoms with E-state index >= 15 is 0 Å². The lowest BCUT2D eigenvalue weighted by Crippen LogP contribution is -2.40. The first-order valence-corrected chi connectivity index (χ1v) is 8.76. The van der Waals surface area contributed by atoms with E-state index in [1.54, 1.807) is 30.1 Å². The maximum Gasteiger partial charge on any atom is 0.417 e. The van der Waals surface area contributed by atoms with Crippen LogP contribution in [0.1, 0.15) is 18.4 Å². The predicted octanol–water partition coefficient (Wildman–Crippen LogP) is 5.00. The van der Waals surface area contributed by atoms with E-state index in [-0.39, 0.29) is 16.3 Å². The molecule has 0 unspecified atom stereocenters. The maximum absolute atomic E-state index is 13.4. The van der Waals surface area contributed by atoms with Gasteiger partial charge in [-0.3, -0.25) is 0 Å². The topological polar surface area (TPSA) is 30.9 Å². The number of alkyl halides is 3. The van der Waals surface area contributed by atoms with Gasteiger partial charge in [-0.15, -0.1) is 0 Å². The van der Waals surface area contributed by atoms with Crippen LogP contribution in [-0.4, -0.2) is 17.4 Å². The summed E-state index contributed by atoms with van der Waals surface area (Å²) in [5.41, 5.74) is 3.57. The summed E-state index contributed by atoms with van der Waals surface area (Å²) in [7, 11) is 0. The molecule has 2 aromatic rings. The summed E-state index contributed by atoms with van der Waals surface area (Å²) < 4.78 is 42.5. The average molecular weight is 374 g/mol. The van der Waals surface area contributed by atoms with Crippen molar-refractivity contribution in [2.75, 3.05) is 13.1 Å². The van der Waals surface area contributed by atoms with E-state index in [0.717, 1.165) is 36.9 Å². The zero-order valence-corrected chi connectivity index (χ0v) is 14.4. The van der Waals surface area contributed by atoms with Gasteiger partial charge in [-0.2, -0.15) is 13.2 Å². The van der Waals surface area contributed by atoms with E-state index in [2.05, 4.69) is 10.0 Å². The summed E-state index contributed by atoms with van der Waals surface area (Å²) in [4.78, 5) is 0.914. The van der Waals surface area contributed by atoms with Gasteiger partial charge in [-0.25, -0.2) is 4.31 Å². The molecular formula is C17H17ClF3N2S+. The van der Waals surface area contributed by atoms with Crippen LogP contribution in [-0.2, 0) is 6.18 Å². The van der Waals surface area contributed by atoms with E-state index in [0.29, 0.717) is 5.56 Å². The molecule has 0 saturated carbocycles. The van der Waals surface area contributed by atoms with Crippen LogP contribution in [0.3, 0.4) is 0 Å². The van der Waals surface area contributed by atoms with Crippen molar-refractivity contribution >= 4 is 29.2 Å². The molecular weight excluding hydrogens is 357 g/mol. The minimum atomic E-state index is -4.48. The Labute approximate surface area is 147 Å². The first kappa shape index (κ1) is 17.6. The largest absolute Gasteiger partial charge is 0.417 e. The van der Waals surface area contributed by atoms with Crippen molar-refractivity contribution in [1.82, 2.24) is 4.31 Å². The van der Waals surface area contributed by atoms with Gasteiger partial charge < -0.3 is 5.73 Å². The van der Waals surface area contributed by atoms with Crippen molar-refractivity contribution in [1.29, 1.82) is 0 Å². The van der Waals surface area contributed by atoms with E-state index in [1.807, 2.05) is 6.07 Å². The van der Waals surface area contributed by atoms with Crippen molar-refractivity contribution in [2.45, 2.75) is 23.9 Å². The van der Waals surface area contributed by atoms with Crippen LogP contribution in [0, 0.1) is 0 Å². The Kier molecular flexibility index (Phi) is 5.11. The molecule has 0 spiro atoms.